The highest BCUT2D eigenvalue weighted by Gasteiger charge is 2.15. The average Bonchev–Trinajstić information content (AvgIpc) is 2.71. The lowest BCUT2D eigenvalue weighted by Crippen LogP contribution is -2.36. The van der Waals surface area contributed by atoms with Crippen LogP contribution in [0.2, 0.25) is 0 Å². The second-order valence-electron chi connectivity index (χ2n) is 4.00. The number of aromatic nitrogens is 2. The van der Waals surface area contributed by atoms with E-state index in [1.807, 2.05) is 6.92 Å². The first kappa shape index (κ1) is 13.6. The van der Waals surface area contributed by atoms with Crippen molar-refractivity contribution in [1.29, 1.82) is 0 Å². The summed E-state index contributed by atoms with van der Waals surface area (Å²) < 4.78 is 4.94. The normalized spacial score (nSPS) is 12.4. The molecule has 1 rings (SSSR count). The van der Waals surface area contributed by atoms with Gasteiger partial charge in [0.05, 0.1) is 5.92 Å². The molecule has 0 aliphatic carbocycles. The number of rotatable bonds is 7. The van der Waals surface area contributed by atoms with Crippen LogP contribution in [0, 0.1) is 12.8 Å². The van der Waals surface area contributed by atoms with Gasteiger partial charge in [-0.05, 0) is 13.3 Å². The molecule has 0 aliphatic rings. The fourth-order valence-electron chi connectivity index (χ4n) is 1.58. The van der Waals surface area contributed by atoms with E-state index in [1.165, 1.54) is 0 Å². The van der Waals surface area contributed by atoms with Crippen LogP contribution in [0.1, 0.15) is 31.5 Å². The summed E-state index contributed by atoms with van der Waals surface area (Å²) in [4.78, 5) is 15.8. The zero-order valence-corrected chi connectivity index (χ0v) is 10.4. The van der Waals surface area contributed by atoms with Gasteiger partial charge in [0.2, 0.25) is 11.8 Å². The Hall–Kier alpha value is -1.43. The number of nitrogens with two attached hydrogens (primary N) is 1. The highest BCUT2D eigenvalue weighted by Crippen LogP contribution is 2.04. The SMILES string of the molecule is CCCC(CN)C(=O)NCCc1nc(C)no1. The third kappa shape index (κ3) is 4.52. The first-order chi connectivity index (χ1) is 8.17. The molecule has 6 nitrogen and oxygen atoms in total. The van der Waals surface area contributed by atoms with Crippen molar-refractivity contribution in [2.75, 3.05) is 13.1 Å². The molecule has 96 valence electrons. The molecule has 0 aromatic carbocycles. The minimum Gasteiger partial charge on any atom is -0.355 e. The van der Waals surface area contributed by atoms with E-state index < -0.39 is 0 Å². The predicted molar refractivity (Wildman–Crippen MR) is 63.2 cm³/mol. The van der Waals surface area contributed by atoms with Crippen molar-refractivity contribution >= 4 is 5.91 Å². The lowest BCUT2D eigenvalue weighted by atomic mass is 10.0. The summed E-state index contributed by atoms with van der Waals surface area (Å²) in [6.45, 7) is 4.69. The number of nitrogens with zero attached hydrogens (tertiary/aromatic N) is 2. The number of carbonyl (C=O) groups is 1. The Morgan fingerprint density at radius 1 is 1.59 bits per heavy atom. The Bertz CT molecular complexity index is 351. The molecule has 0 bridgehead atoms. The molecule has 17 heavy (non-hydrogen) atoms. The van der Waals surface area contributed by atoms with Crippen molar-refractivity contribution in [2.45, 2.75) is 33.1 Å². The third-order valence-electron chi connectivity index (χ3n) is 2.50. The van der Waals surface area contributed by atoms with Crippen molar-refractivity contribution in [1.82, 2.24) is 15.5 Å². The van der Waals surface area contributed by atoms with Gasteiger partial charge in [0.15, 0.2) is 5.82 Å². The number of hydrogen-bond acceptors (Lipinski definition) is 5. The van der Waals surface area contributed by atoms with Crippen molar-refractivity contribution < 1.29 is 9.32 Å². The standard InChI is InChI=1S/C11H20N4O2/c1-3-4-9(7-12)11(16)13-6-5-10-14-8(2)15-17-10/h9H,3-7,12H2,1-2H3,(H,13,16). The van der Waals surface area contributed by atoms with E-state index in [0.717, 1.165) is 12.8 Å². The Labute approximate surface area is 101 Å². The number of amides is 1. The van der Waals surface area contributed by atoms with E-state index >= 15 is 0 Å². The summed E-state index contributed by atoms with van der Waals surface area (Å²) >= 11 is 0. The van der Waals surface area contributed by atoms with Gasteiger partial charge in [-0.15, -0.1) is 0 Å². The minimum absolute atomic E-state index is 0.00517. The molecule has 1 amide bonds. The van der Waals surface area contributed by atoms with Crippen molar-refractivity contribution in [3.8, 4) is 0 Å². The zero-order valence-electron chi connectivity index (χ0n) is 10.4. The summed E-state index contributed by atoms with van der Waals surface area (Å²) in [5, 5.41) is 6.51. The van der Waals surface area contributed by atoms with E-state index in [0.29, 0.717) is 31.2 Å². The summed E-state index contributed by atoms with van der Waals surface area (Å²) in [5.74, 6) is 1.06. The van der Waals surface area contributed by atoms with Crippen LogP contribution in [0.15, 0.2) is 4.52 Å². The van der Waals surface area contributed by atoms with Gasteiger partial charge in [0, 0.05) is 19.5 Å². The summed E-state index contributed by atoms with van der Waals surface area (Å²) in [6.07, 6.45) is 2.33. The molecule has 0 spiro atoms. The highest BCUT2D eigenvalue weighted by atomic mass is 16.5. The average molecular weight is 240 g/mol. The van der Waals surface area contributed by atoms with Crippen LogP contribution in [-0.2, 0) is 11.2 Å². The molecule has 0 saturated carbocycles. The van der Waals surface area contributed by atoms with Crippen LogP contribution < -0.4 is 11.1 Å². The highest BCUT2D eigenvalue weighted by molar-refractivity contribution is 5.78. The summed E-state index contributed by atoms with van der Waals surface area (Å²) in [5.41, 5.74) is 5.54. The molecule has 1 heterocycles. The molecule has 1 aromatic heterocycles. The molecular formula is C11H20N4O2. The fourth-order valence-corrected chi connectivity index (χ4v) is 1.58. The molecule has 3 N–H and O–H groups in total. The van der Waals surface area contributed by atoms with E-state index in [2.05, 4.69) is 15.5 Å². The van der Waals surface area contributed by atoms with Gasteiger partial charge in [-0.3, -0.25) is 4.79 Å². The smallest absolute Gasteiger partial charge is 0.228 e. The predicted octanol–water partition coefficient (Wildman–Crippen LogP) is 0.412. The fraction of sp³-hybridized carbons (Fsp3) is 0.727. The van der Waals surface area contributed by atoms with Gasteiger partial charge in [-0.1, -0.05) is 18.5 Å². The third-order valence-corrected chi connectivity index (χ3v) is 2.50. The molecule has 1 atom stereocenters. The molecule has 0 aliphatic heterocycles. The quantitative estimate of drug-likeness (QED) is 0.720. The Kier molecular flexibility index (Phi) is 5.62. The zero-order chi connectivity index (χ0) is 12.7. The van der Waals surface area contributed by atoms with Crippen LogP contribution in [0.4, 0.5) is 0 Å². The van der Waals surface area contributed by atoms with Crippen LogP contribution in [-0.4, -0.2) is 29.1 Å². The number of hydrogen-bond donors (Lipinski definition) is 2. The van der Waals surface area contributed by atoms with Crippen LogP contribution in [0.3, 0.4) is 0 Å². The van der Waals surface area contributed by atoms with Crippen LogP contribution >= 0.6 is 0 Å². The largest absolute Gasteiger partial charge is 0.355 e. The molecule has 0 fully saturated rings. The van der Waals surface area contributed by atoms with Crippen molar-refractivity contribution in [3.63, 3.8) is 0 Å². The molecule has 0 radical (unpaired) electrons. The maximum Gasteiger partial charge on any atom is 0.228 e. The monoisotopic (exact) mass is 240 g/mol. The lowest BCUT2D eigenvalue weighted by molar-refractivity contribution is -0.124. The Morgan fingerprint density at radius 2 is 2.35 bits per heavy atom. The first-order valence-electron chi connectivity index (χ1n) is 5.94. The Balaban J connectivity index is 2.28. The Morgan fingerprint density at radius 3 is 2.88 bits per heavy atom. The van der Waals surface area contributed by atoms with Gasteiger partial charge >= 0.3 is 0 Å². The first-order valence-corrected chi connectivity index (χ1v) is 5.94. The molecule has 1 unspecified atom stereocenters. The minimum atomic E-state index is -0.0931. The summed E-state index contributed by atoms with van der Waals surface area (Å²) in [6, 6.07) is 0. The molecule has 0 saturated heterocycles. The maximum absolute atomic E-state index is 11.7. The topological polar surface area (TPSA) is 94.0 Å². The maximum atomic E-state index is 11.7. The van der Waals surface area contributed by atoms with E-state index in [1.54, 1.807) is 6.92 Å². The van der Waals surface area contributed by atoms with E-state index in [9.17, 15) is 4.79 Å². The summed E-state index contributed by atoms with van der Waals surface area (Å²) in [7, 11) is 0. The second kappa shape index (κ2) is 7.01. The van der Waals surface area contributed by atoms with Gasteiger partial charge in [0.1, 0.15) is 0 Å². The number of nitrogens with one attached hydrogen (secondary N) is 1. The van der Waals surface area contributed by atoms with Gasteiger partial charge in [-0.2, -0.15) is 4.98 Å². The van der Waals surface area contributed by atoms with Crippen molar-refractivity contribution in [2.24, 2.45) is 11.7 Å². The van der Waals surface area contributed by atoms with Crippen LogP contribution in [0.5, 0.6) is 0 Å². The van der Waals surface area contributed by atoms with Crippen LogP contribution in [0.25, 0.3) is 0 Å². The van der Waals surface area contributed by atoms with Gasteiger partial charge in [-0.25, -0.2) is 0 Å². The van der Waals surface area contributed by atoms with Crippen molar-refractivity contribution in [3.05, 3.63) is 11.7 Å². The van der Waals surface area contributed by atoms with E-state index in [4.69, 9.17) is 10.3 Å². The lowest BCUT2D eigenvalue weighted by Gasteiger charge is -2.13. The van der Waals surface area contributed by atoms with Gasteiger partial charge < -0.3 is 15.6 Å². The van der Waals surface area contributed by atoms with E-state index in [-0.39, 0.29) is 11.8 Å². The molecule has 1 aromatic rings. The second-order valence-corrected chi connectivity index (χ2v) is 4.00. The molecule has 6 heteroatoms. The number of aryl methyl sites for hydroxylation is 1. The number of carbonyl (C=O) groups excluding carboxylic acids is 1. The molecular weight excluding hydrogens is 220 g/mol. The van der Waals surface area contributed by atoms with Gasteiger partial charge in [0.25, 0.3) is 0 Å².